The summed E-state index contributed by atoms with van der Waals surface area (Å²) in [4.78, 5) is 0. The van der Waals surface area contributed by atoms with Crippen molar-refractivity contribution in [3.8, 4) is 5.75 Å². The summed E-state index contributed by atoms with van der Waals surface area (Å²) in [5.74, 6) is 1.26. The lowest BCUT2D eigenvalue weighted by atomic mass is 10.1. The van der Waals surface area contributed by atoms with Crippen LogP contribution in [0.4, 0.5) is 11.4 Å². The zero-order valence-electron chi connectivity index (χ0n) is 11.7. The third-order valence-corrected chi connectivity index (χ3v) is 3.52. The van der Waals surface area contributed by atoms with E-state index in [1.54, 1.807) is 0 Å². The number of aliphatic hydroxyl groups excluding tert-OH is 1. The summed E-state index contributed by atoms with van der Waals surface area (Å²) in [6.07, 6.45) is 2.87. The molecule has 1 aromatic carbocycles. The summed E-state index contributed by atoms with van der Waals surface area (Å²) >= 11 is 0. The van der Waals surface area contributed by atoms with Crippen LogP contribution >= 0.6 is 0 Å². The maximum absolute atomic E-state index is 9.52. The molecule has 0 aromatic heterocycles. The number of hydrogen-bond acceptors (Lipinski definition) is 4. The van der Waals surface area contributed by atoms with Crippen molar-refractivity contribution in [3.05, 3.63) is 18.2 Å². The van der Waals surface area contributed by atoms with Crippen molar-refractivity contribution in [1.29, 1.82) is 0 Å². The van der Waals surface area contributed by atoms with Gasteiger partial charge in [0.25, 0.3) is 0 Å². The first-order chi connectivity index (χ1) is 9.06. The van der Waals surface area contributed by atoms with Crippen LogP contribution < -0.4 is 15.8 Å². The Morgan fingerprint density at radius 3 is 2.84 bits per heavy atom. The van der Waals surface area contributed by atoms with Gasteiger partial charge in [-0.1, -0.05) is 6.07 Å². The highest BCUT2D eigenvalue weighted by Crippen LogP contribution is 2.31. The van der Waals surface area contributed by atoms with Gasteiger partial charge in [0.05, 0.1) is 23.6 Å². The van der Waals surface area contributed by atoms with E-state index < -0.39 is 0 Å². The van der Waals surface area contributed by atoms with Gasteiger partial charge in [0.1, 0.15) is 5.75 Å². The summed E-state index contributed by atoms with van der Waals surface area (Å²) in [6, 6.07) is 5.80. The molecule has 0 aliphatic heterocycles. The summed E-state index contributed by atoms with van der Waals surface area (Å²) < 4.78 is 5.67. The molecule has 1 saturated carbocycles. The van der Waals surface area contributed by atoms with Crippen LogP contribution in [-0.2, 0) is 0 Å². The van der Waals surface area contributed by atoms with E-state index in [4.69, 9.17) is 10.5 Å². The Balaban J connectivity index is 1.96. The fourth-order valence-corrected chi connectivity index (χ4v) is 2.54. The molecule has 1 fully saturated rings. The van der Waals surface area contributed by atoms with Gasteiger partial charge in [-0.05, 0) is 51.2 Å². The fourth-order valence-electron chi connectivity index (χ4n) is 2.54. The molecule has 0 radical (unpaired) electrons. The van der Waals surface area contributed by atoms with Crippen LogP contribution in [0.25, 0.3) is 0 Å². The van der Waals surface area contributed by atoms with E-state index >= 15 is 0 Å². The number of para-hydroxylation sites is 1. The summed E-state index contributed by atoms with van der Waals surface area (Å²) in [5, 5.41) is 12.9. The zero-order valence-corrected chi connectivity index (χ0v) is 11.7. The minimum absolute atomic E-state index is 0.113. The van der Waals surface area contributed by atoms with Crippen LogP contribution in [0.5, 0.6) is 5.75 Å². The van der Waals surface area contributed by atoms with E-state index in [0.29, 0.717) is 11.6 Å². The van der Waals surface area contributed by atoms with Gasteiger partial charge in [-0.25, -0.2) is 0 Å². The van der Waals surface area contributed by atoms with Gasteiger partial charge in [-0.15, -0.1) is 0 Å². The van der Waals surface area contributed by atoms with Crippen LogP contribution in [0.15, 0.2) is 18.2 Å². The Morgan fingerprint density at radius 1 is 1.42 bits per heavy atom. The molecule has 0 bridgehead atoms. The zero-order chi connectivity index (χ0) is 13.8. The lowest BCUT2D eigenvalue weighted by Gasteiger charge is -2.17. The molecule has 0 amide bonds. The van der Waals surface area contributed by atoms with Crippen molar-refractivity contribution in [2.24, 2.45) is 5.92 Å². The van der Waals surface area contributed by atoms with Crippen molar-refractivity contribution < 1.29 is 9.84 Å². The van der Waals surface area contributed by atoms with Gasteiger partial charge in [0.15, 0.2) is 0 Å². The molecule has 1 aromatic rings. The molecule has 19 heavy (non-hydrogen) atoms. The average Bonchev–Trinajstić information content (AvgIpc) is 2.76. The molecule has 0 saturated heterocycles. The highest BCUT2D eigenvalue weighted by molar-refractivity contribution is 5.72. The van der Waals surface area contributed by atoms with Crippen LogP contribution in [0.3, 0.4) is 0 Å². The monoisotopic (exact) mass is 264 g/mol. The van der Waals surface area contributed by atoms with Crippen LogP contribution in [0.2, 0.25) is 0 Å². The number of anilines is 2. The van der Waals surface area contributed by atoms with Crippen molar-refractivity contribution >= 4 is 11.4 Å². The SMILES string of the molecule is CC(C)Oc1cccc(NCC2CCC(O)C2)c1N. The standard InChI is InChI=1S/C15H24N2O2/c1-10(2)19-14-5-3-4-13(15(14)16)17-9-11-6-7-12(18)8-11/h3-5,10-12,17-18H,6-9,16H2,1-2H3. The number of nitrogens with two attached hydrogens (primary N) is 1. The predicted molar refractivity (Wildman–Crippen MR) is 78.5 cm³/mol. The Hall–Kier alpha value is -1.42. The Labute approximate surface area is 115 Å². The van der Waals surface area contributed by atoms with Gasteiger partial charge in [-0.2, -0.15) is 0 Å². The van der Waals surface area contributed by atoms with E-state index in [9.17, 15) is 5.11 Å². The molecule has 106 valence electrons. The minimum atomic E-state index is -0.125. The molecule has 1 aliphatic carbocycles. The normalized spacial score (nSPS) is 22.7. The van der Waals surface area contributed by atoms with E-state index in [1.807, 2.05) is 32.0 Å². The topological polar surface area (TPSA) is 67.5 Å². The van der Waals surface area contributed by atoms with Gasteiger partial charge < -0.3 is 20.9 Å². The smallest absolute Gasteiger partial charge is 0.144 e. The molecule has 2 rings (SSSR count). The number of benzene rings is 1. The van der Waals surface area contributed by atoms with E-state index in [2.05, 4.69) is 5.32 Å². The lowest BCUT2D eigenvalue weighted by molar-refractivity contribution is 0.178. The number of aliphatic hydroxyl groups is 1. The molecule has 4 N–H and O–H groups in total. The molecular formula is C15H24N2O2. The number of ether oxygens (including phenoxy) is 1. The highest BCUT2D eigenvalue weighted by atomic mass is 16.5. The molecule has 4 nitrogen and oxygen atoms in total. The van der Waals surface area contributed by atoms with Gasteiger partial charge >= 0.3 is 0 Å². The van der Waals surface area contributed by atoms with Crippen molar-refractivity contribution in [3.63, 3.8) is 0 Å². The molecule has 4 heteroatoms. The second kappa shape index (κ2) is 6.15. The molecule has 2 unspecified atom stereocenters. The summed E-state index contributed by atoms with van der Waals surface area (Å²) in [5.41, 5.74) is 7.68. The van der Waals surface area contributed by atoms with Crippen LogP contribution in [-0.4, -0.2) is 23.9 Å². The molecule has 1 aliphatic rings. The fraction of sp³-hybridized carbons (Fsp3) is 0.600. The first-order valence-electron chi connectivity index (χ1n) is 7.03. The summed E-state index contributed by atoms with van der Waals surface area (Å²) in [7, 11) is 0. The number of nitrogen functional groups attached to an aromatic ring is 1. The van der Waals surface area contributed by atoms with Gasteiger partial charge in [0, 0.05) is 6.54 Å². The third kappa shape index (κ3) is 3.77. The van der Waals surface area contributed by atoms with Crippen LogP contribution in [0, 0.1) is 5.92 Å². The minimum Gasteiger partial charge on any atom is -0.489 e. The first-order valence-corrected chi connectivity index (χ1v) is 7.03. The molecular weight excluding hydrogens is 240 g/mol. The molecule has 0 heterocycles. The maximum atomic E-state index is 9.52. The van der Waals surface area contributed by atoms with E-state index in [1.165, 1.54) is 0 Å². The third-order valence-electron chi connectivity index (χ3n) is 3.52. The lowest BCUT2D eigenvalue weighted by Crippen LogP contribution is -2.14. The van der Waals surface area contributed by atoms with E-state index in [-0.39, 0.29) is 12.2 Å². The summed E-state index contributed by atoms with van der Waals surface area (Å²) in [6.45, 7) is 4.82. The average molecular weight is 264 g/mol. The first kappa shape index (κ1) is 14.0. The maximum Gasteiger partial charge on any atom is 0.144 e. The molecule has 2 atom stereocenters. The second-order valence-corrected chi connectivity index (χ2v) is 5.60. The Kier molecular flexibility index (Phi) is 4.53. The van der Waals surface area contributed by atoms with Crippen LogP contribution in [0.1, 0.15) is 33.1 Å². The van der Waals surface area contributed by atoms with Gasteiger partial charge in [0.2, 0.25) is 0 Å². The highest BCUT2D eigenvalue weighted by Gasteiger charge is 2.22. The van der Waals surface area contributed by atoms with Gasteiger partial charge in [-0.3, -0.25) is 0 Å². The van der Waals surface area contributed by atoms with E-state index in [0.717, 1.165) is 37.2 Å². The number of hydrogen-bond donors (Lipinski definition) is 3. The van der Waals surface area contributed by atoms with Crippen molar-refractivity contribution in [2.45, 2.75) is 45.3 Å². The Morgan fingerprint density at radius 2 is 2.21 bits per heavy atom. The molecule has 0 spiro atoms. The quantitative estimate of drug-likeness (QED) is 0.715. The largest absolute Gasteiger partial charge is 0.489 e. The van der Waals surface area contributed by atoms with Crippen molar-refractivity contribution in [1.82, 2.24) is 0 Å². The Bertz CT molecular complexity index is 421. The second-order valence-electron chi connectivity index (χ2n) is 5.60. The number of rotatable bonds is 5. The predicted octanol–water partition coefficient (Wildman–Crippen LogP) is 2.63. The number of nitrogens with one attached hydrogen (secondary N) is 1. The van der Waals surface area contributed by atoms with Crippen molar-refractivity contribution in [2.75, 3.05) is 17.6 Å².